The molecule has 0 spiro atoms. The number of carbonyl (C=O) groups is 3. The predicted molar refractivity (Wildman–Crippen MR) is 83.8 cm³/mol. The maximum atomic E-state index is 11.3. The highest BCUT2D eigenvalue weighted by molar-refractivity contribution is 5.68. The minimum Gasteiger partial charge on any atom is -0.462 e. The molecule has 7 nitrogen and oxygen atoms in total. The zero-order chi connectivity index (χ0) is 17.9. The Kier molecular flexibility index (Phi) is 8.49. The molecule has 0 fully saturated rings. The molecule has 1 aromatic rings. The molecule has 0 saturated heterocycles. The number of benzene rings is 1. The Hall–Kier alpha value is -2.41. The highest BCUT2D eigenvalue weighted by atomic mass is 16.6. The minimum absolute atomic E-state index is 0.00626. The van der Waals surface area contributed by atoms with Gasteiger partial charge in [0.2, 0.25) is 0 Å². The first-order chi connectivity index (χ1) is 11.4. The first-order valence-electron chi connectivity index (χ1n) is 7.48. The summed E-state index contributed by atoms with van der Waals surface area (Å²) in [5.41, 5.74) is 0.947. The van der Waals surface area contributed by atoms with Gasteiger partial charge in [-0.1, -0.05) is 30.3 Å². The van der Waals surface area contributed by atoms with Crippen molar-refractivity contribution in [1.82, 2.24) is 0 Å². The van der Waals surface area contributed by atoms with E-state index < -0.39 is 30.1 Å². The van der Waals surface area contributed by atoms with Crippen LogP contribution in [-0.2, 0) is 39.9 Å². The number of carbonyl (C=O) groups excluding carboxylic acids is 3. The van der Waals surface area contributed by atoms with Gasteiger partial charge in [0.1, 0.15) is 6.61 Å². The Morgan fingerprint density at radius 3 is 1.88 bits per heavy atom. The summed E-state index contributed by atoms with van der Waals surface area (Å²) in [6, 6.07) is 9.43. The van der Waals surface area contributed by atoms with Crippen LogP contribution in [0.3, 0.4) is 0 Å². The van der Waals surface area contributed by atoms with Crippen LogP contribution in [0.15, 0.2) is 30.3 Å². The summed E-state index contributed by atoms with van der Waals surface area (Å²) in [5, 5.41) is 0. The SMILES string of the molecule is CC(=O)OC[C@@H](OC(C)=O)[C@@H](COCc1ccccc1)OC(C)=O. The fourth-order valence-corrected chi connectivity index (χ4v) is 1.93. The quantitative estimate of drug-likeness (QED) is 0.499. The van der Waals surface area contributed by atoms with E-state index in [2.05, 4.69) is 0 Å². The van der Waals surface area contributed by atoms with Crippen molar-refractivity contribution in [3.05, 3.63) is 35.9 Å². The van der Waals surface area contributed by atoms with E-state index in [1.54, 1.807) is 0 Å². The molecule has 132 valence electrons. The molecule has 0 aliphatic rings. The molecule has 0 heterocycles. The first kappa shape index (κ1) is 19.6. The molecule has 0 radical (unpaired) electrons. The summed E-state index contributed by atoms with van der Waals surface area (Å²) in [6.45, 7) is 3.77. The molecule has 1 aromatic carbocycles. The van der Waals surface area contributed by atoms with Crippen molar-refractivity contribution in [1.29, 1.82) is 0 Å². The van der Waals surface area contributed by atoms with Crippen molar-refractivity contribution >= 4 is 17.9 Å². The Bertz CT molecular complexity index is 541. The van der Waals surface area contributed by atoms with Crippen LogP contribution in [0.25, 0.3) is 0 Å². The number of hydrogen-bond donors (Lipinski definition) is 0. The predicted octanol–water partition coefficient (Wildman–Crippen LogP) is 1.63. The van der Waals surface area contributed by atoms with E-state index >= 15 is 0 Å². The highest BCUT2D eigenvalue weighted by Crippen LogP contribution is 2.10. The second-order valence-corrected chi connectivity index (χ2v) is 5.10. The molecular weight excluding hydrogens is 316 g/mol. The Balaban J connectivity index is 2.68. The lowest BCUT2D eigenvalue weighted by Crippen LogP contribution is -2.41. The molecule has 0 unspecified atom stereocenters. The van der Waals surface area contributed by atoms with E-state index in [9.17, 15) is 14.4 Å². The van der Waals surface area contributed by atoms with Crippen molar-refractivity contribution in [2.45, 2.75) is 39.6 Å². The summed E-state index contributed by atoms with van der Waals surface area (Å²) in [5.74, 6) is -1.66. The van der Waals surface area contributed by atoms with Gasteiger partial charge in [-0.25, -0.2) is 0 Å². The molecule has 1 rings (SSSR count). The van der Waals surface area contributed by atoms with Crippen LogP contribution in [0.5, 0.6) is 0 Å². The molecular formula is C17H22O7. The van der Waals surface area contributed by atoms with Gasteiger partial charge in [0, 0.05) is 20.8 Å². The van der Waals surface area contributed by atoms with Crippen molar-refractivity contribution in [3.63, 3.8) is 0 Å². The van der Waals surface area contributed by atoms with Crippen LogP contribution in [0.4, 0.5) is 0 Å². The average Bonchev–Trinajstić information content (AvgIpc) is 2.50. The standard InChI is InChI=1S/C17H22O7/c1-12(18)22-11-17(24-14(3)20)16(23-13(2)19)10-21-9-15-7-5-4-6-8-15/h4-8,16-17H,9-11H2,1-3H3/t16-,17-/m1/s1. The normalized spacial score (nSPS) is 12.8. The van der Waals surface area contributed by atoms with Gasteiger partial charge in [-0.2, -0.15) is 0 Å². The smallest absolute Gasteiger partial charge is 0.303 e. The Morgan fingerprint density at radius 2 is 1.38 bits per heavy atom. The topological polar surface area (TPSA) is 88.1 Å². The molecule has 7 heteroatoms. The van der Waals surface area contributed by atoms with Gasteiger partial charge in [-0.15, -0.1) is 0 Å². The fourth-order valence-electron chi connectivity index (χ4n) is 1.93. The summed E-state index contributed by atoms with van der Waals surface area (Å²) in [6.07, 6.45) is -1.82. The fraction of sp³-hybridized carbons (Fsp3) is 0.471. The monoisotopic (exact) mass is 338 g/mol. The highest BCUT2D eigenvalue weighted by Gasteiger charge is 2.29. The van der Waals surface area contributed by atoms with Crippen molar-refractivity contribution in [3.8, 4) is 0 Å². The second-order valence-electron chi connectivity index (χ2n) is 5.10. The molecule has 0 bridgehead atoms. The minimum atomic E-state index is -0.939. The van der Waals surface area contributed by atoms with Gasteiger partial charge >= 0.3 is 17.9 Å². The van der Waals surface area contributed by atoms with Crippen molar-refractivity contribution in [2.75, 3.05) is 13.2 Å². The molecule has 0 aliphatic heterocycles. The maximum Gasteiger partial charge on any atom is 0.303 e. The van der Waals surface area contributed by atoms with Crippen LogP contribution in [0, 0.1) is 0 Å². The maximum absolute atomic E-state index is 11.3. The number of esters is 3. The van der Waals surface area contributed by atoms with Crippen LogP contribution >= 0.6 is 0 Å². The number of ether oxygens (including phenoxy) is 4. The van der Waals surface area contributed by atoms with Gasteiger partial charge in [0.25, 0.3) is 0 Å². The van der Waals surface area contributed by atoms with Crippen molar-refractivity contribution in [2.24, 2.45) is 0 Å². The van der Waals surface area contributed by atoms with Gasteiger partial charge < -0.3 is 18.9 Å². The van der Waals surface area contributed by atoms with Gasteiger partial charge in [-0.05, 0) is 5.56 Å². The first-order valence-corrected chi connectivity index (χ1v) is 7.48. The van der Waals surface area contributed by atoms with E-state index in [1.807, 2.05) is 30.3 Å². The lowest BCUT2D eigenvalue weighted by molar-refractivity contribution is -0.178. The lowest BCUT2D eigenvalue weighted by atomic mass is 10.2. The van der Waals surface area contributed by atoms with E-state index in [-0.39, 0.29) is 13.2 Å². The largest absolute Gasteiger partial charge is 0.462 e. The zero-order valence-corrected chi connectivity index (χ0v) is 14.0. The third kappa shape index (κ3) is 8.28. The number of hydrogen-bond acceptors (Lipinski definition) is 7. The van der Waals surface area contributed by atoms with Crippen LogP contribution in [-0.4, -0.2) is 43.3 Å². The molecule has 0 aliphatic carbocycles. The Labute approximate surface area is 140 Å². The van der Waals surface area contributed by atoms with E-state index in [4.69, 9.17) is 18.9 Å². The summed E-state index contributed by atoms with van der Waals surface area (Å²) in [4.78, 5) is 33.5. The van der Waals surface area contributed by atoms with Gasteiger partial charge in [-0.3, -0.25) is 14.4 Å². The summed E-state index contributed by atoms with van der Waals surface area (Å²) in [7, 11) is 0. The molecule has 0 aromatic heterocycles. The van der Waals surface area contributed by atoms with Crippen LogP contribution < -0.4 is 0 Å². The lowest BCUT2D eigenvalue weighted by Gasteiger charge is -2.25. The second kappa shape index (κ2) is 10.4. The van der Waals surface area contributed by atoms with E-state index in [0.717, 1.165) is 5.56 Å². The van der Waals surface area contributed by atoms with Crippen LogP contribution in [0.1, 0.15) is 26.3 Å². The number of rotatable bonds is 9. The summed E-state index contributed by atoms with van der Waals surface area (Å²) >= 11 is 0. The third-order valence-corrected chi connectivity index (χ3v) is 2.89. The average molecular weight is 338 g/mol. The van der Waals surface area contributed by atoms with Gasteiger partial charge in [0.05, 0.1) is 13.2 Å². The third-order valence-electron chi connectivity index (χ3n) is 2.89. The van der Waals surface area contributed by atoms with E-state index in [1.165, 1.54) is 20.8 Å². The summed E-state index contributed by atoms with van der Waals surface area (Å²) < 4.78 is 20.7. The molecule has 0 N–H and O–H groups in total. The molecule has 2 atom stereocenters. The van der Waals surface area contributed by atoms with Gasteiger partial charge in [0.15, 0.2) is 12.2 Å². The van der Waals surface area contributed by atoms with Crippen molar-refractivity contribution < 1.29 is 33.3 Å². The molecule has 24 heavy (non-hydrogen) atoms. The zero-order valence-electron chi connectivity index (χ0n) is 14.0. The Morgan fingerprint density at radius 1 is 0.833 bits per heavy atom. The van der Waals surface area contributed by atoms with E-state index in [0.29, 0.717) is 6.61 Å². The van der Waals surface area contributed by atoms with Crippen LogP contribution in [0.2, 0.25) is 0 Å². The molecule has 0 saturated carbocycles. The molecule has 0 amide bonds.